The van der Waals surface area contributed by atoms with Crippen LogP contribution in [0.25, 0.3) is 0 Å². The molecular formula is C16H20O7. The van der Waals surface area contributed by atoms with Crippen LogP contribution < -0.4 is 0 Å². The SMILES string of the molecule is C[C@H]1CCC(O)C(O)CC(=O)c2c(O)cc(O)cc2CC(=O)O1. The van der Waals surface area contributed by atoms with Crippen LogP contribution in [0.4, 0.5) is 0 Å². The number of aliphatic hydroxyl groups excluding tert-OH is 2. The van der Waals surface area contributed by atoms with Crippen LogP contribution in [-0.4, -0.2) is 50.5 Å². The lowest BCUT2D eigenvalue weighted by atomic mass is 9.93. The predicted molar refractivity (Wildman–Crippen MR) is 79.2 cm³/mol. The Morgan fingerprint density at radius 2 is 1.78 bits per heavy atom. The van der Waals surface area contributed by atoms with Gasteiger partial charge in [-0.25, -0.2) is 0 Å². The van der Waals surface area contributed by atoms with Gasteiger partial charge >= 0.3 is 5.97 Å². The first-order valence-corrected chi connectivity index (χ1v) is 7.41. The van der Waals surface area contributed by atoms with Crippen molar-refractivity contribution in [1.82, 2.24) is 0 Å². The zero-order valence-electron chi connectivity index (χ0n) is 12.7. The lowest BCUT2D eigenvalue weighted by Crippen LogP contribution is -2.31. The van der Waals surface area contributed by atoms with Crippen LogP contribution in [0.3, 0.4) is 0 Å². The Labute approximate surface area is 133 Å². The third-order valence-electron chi connectivity index (χ3n) is 3.84. The summed E-state index contributed by atoms with van der Waals surface area (Å²) in [6.07, 6.45) is -3.04. The fraction of sp³-hybridized carbons (Fsp3) is 0.500. The highest BCUT2D eigenvalue weighted by atomic mass is 16.5. The third-order valence-corrected chi connectivity index (χ3v) is 3.84. The van der Waals surface area contributed by atoms with E-state index in [0.717, 1.165) is 6.07 Å². The number of esters is 1. The van der Waals surface area contributed by atoms with Crippen LogP contribution in [0, 0.1) is 0 Å². The molecule has 2 unspecified atom stereocenters. The highest BCUT2D eigenvalue weighted by Gasteiger charge is 2.27. The molecule has 0 fully saturated rings. The smallest absolute Gasteiger partial charge is 0.310 e. The first kappa shape index (κ1) is 17.2. The van der Waals surface area contributed by atoms with Gasteiger partial charge in [-0.3, -0.25) is 9.59 Å². The second kappa shape index (κ2) is 6.97. The summed E-state index contributed by atoms with van der Waals surface area (Å²) in [6.45, 7) is 1.66. The minimum Gasteiger partial charge on any atom is -0.508 e. The highest BCUT2D eigenvalue weighted by Crippen LogP contribution is 2.30. The molecule has 1 aromatic rings. The Bertz CT molecular complexity index is 611. The van der Waals surface area contributed by atoms with E-state index in [1.54, 1.807) is 6.92 Å². The fourth-order valence-electron chi connectivity index (χ4n) is 2.64. The van der Waals surface area contributed by atoms with Crippen LogP contribution in [0.1, 0.15) is 42.1 Å². The van der Waals surface area contributed by atoms with Gasteiger partial charge in [-0.15, -0.1) is 0 Å². The third kappa shape index (κ3) is 4.20. The van der Waals surface area contributed by atoms with Gasteiger partial charge in [0.05, 0.1) is 30.3 Å². The number of aliphatic hydroxyl groups is 2. The Hall–Kier alpha value is -2.12. The molecule has 2 rings (SSSR count). The summed E-state index contributed by atoms with van der Waals surface area (Å²) in [4.78, 5) is 24.3. The van der Waals surface area contributed by atoms with Gasteiger partial charge in [0.2, 0.25) is 0 Å². The first-order valence-electron chi connectivity index (χ1n) is 7.41. The number of benzene rings is 1. The maximum Gasteiger partial charge on any atom is 0.310 e. The number of Topliss-reactive ketones (excluding diaryl/α,β-unsaturated/α-hetero) is 1. The minimum absolute atomic E-state index is 0.118. The van der Waals surface area contributed by atoms with Crippen molar-refractivity contribution in [1.29, 1.82) is 0 Å². The average molecular weight is 324 g/mol. The zero-order valence-corrected chi connectivity index (χ0v) is 12.7. The molecule has 0 aliphatic carbocycles. The molecule has 1 aliphatic rings. The van der Waals surface area contributed by atoms with Crippen molar-refractivity contribution in [2.45, 2.75) is 50.9 Å². The normalized spacial score (nSPS) is 26.7. The summed E-state index contributed by atoms with van der Waals surface area (Å²) < 4.78 is 5.17. The van der Waals surface area contributed by atoms with Gasteiger partial charge in [0.1, 0.15) is 11.5 Å². The first-order chi connectivity index (χ1) is 10.8. The van der Waals surface area contributed by atoms with Crippen molar-refractivity contribution in [3.63, 3.8) is 0 Å². The van der Waals surface area contributed by atoms with E-state index in [1.165, 1.54) is 6.07 Å². The minimum atomic E-state index is -1.29. The number of carbonyl (C=O) groups excluding carboxylic acids is 2. The molecule has 0 amide bonds. The Kier molecular flexibility index (Phi) is 5.23. The van der Waals surface area contributed by atoms with E-state index in [4.69, 9.17) is 4.74 Å². The van der Waals surface area contributed by atoms with Crippen molar-refractivity contribution < 1.29 is 34.8 Å². The number of fused-ring (bicyclic) bond motifs is 1. The van der Waals surface area contributed by atoms with Crippen LogP contribution >= 0.6 is 0 Å². The van der Waals surface area contributed by atoms with E-state index in [1.807, 2.05) is 0 Å². The summed E-state index contributed by atoms with van der Waals surface area (Å²) in [7, 11) is 0. The van der Waals surface area contributed by atoms with Crippen LogP contribution in [-0.2, 0) is 16.0 Å². The molecule has 23 heavy (non-hydrogen) atoms. The molecule has 0 bridgehead atoms. The summed E-state index contributed by atoms with van der Waals surface area (Å²) in [5.74, 6) is -2.00. The van der Waals surface area contributed by atoms with Gasteiger partial charge < -0.3 is 25.2 Å². The molecule has 1 aliphatic heterocycles. The maximum atomic E-state index is 12.3. The number of ketones is 1. The van der Waals surface area contributed by atoms with Crippen molar-refractivity contribution >= 4 is 11.8 Å². The Morgan fingerprint density at radius 1 is 1.09 bits per heavy atom. The fourth-order valence-corrected chi connectivity index (χ4v) is 2.64. The largest absolute Gasteiger partial charge is 0.508 e. The van der Waals surface area contributed by atoms with Gasteiger partial charge in [-0.05, 0) is 31.4 Å². The van der Waals surface area contributed by atoms with E-state index in [0.29, 0.717) is 6.42 Å². The molecule has 7 heteroatoms. The number of phenolic OH excluding ortho intramolecular Hbond substituents is 2. The summed E-state index contributed by atoms with van der Waals surface area (Å²) in [6, 6.07) is 2.19. The van der Waals surface area contributed by atoms with Gasteiger partial charge in [-0.2, -0.15) is 0 Å². The van der Waals surface area contributed by atoms with Crippen LogP contribution in [0.15, 0.2) is 12.1 Å². The molecule has 0 aromatic heterocycles. The quantitative estimate of drug-likeness (QED) is 0.517. The summed E-state index contributed by atoms with van der Waals surface area (Å²) >= 11 is 0. The van der Waals surface area contributed by atoms with E-state index in [2.05, 4.69) is 0 Å². The van der Waals surface area contributed by atoms with Crippen LogP contribution in [0.2, 0.25) is 0 Å². The Morgan fingerprint density at radius 3 is 2.48 bits per heavy atom. The molecule has 126 valence electrons. The molecule has 0 spiro atoms. The molecule has 1 heterocycles. The molecule has 1 aromatic carbocycles. The average Bonchev–Trinajstić information content (AvgIpc) is 2.42. The molecule has 0 saturated heterocycles. The van der Waals surface area contributed by atoms with Crippen molar-refractivity contribution in [2.75, 3.05) is 0 Å². The number of hydrogen-bond donors (Lipinski definition) is 4. The predicted octanol–water partition coefficient (Wildman–Crippen LogP) is 0.660. The summed E-state index contributed by atoms with van der Waals surface area (Å²) in [5, 5.41) is 39.3. The van der Waals surface area contributed by atoms with Crippen LogP contribution in [0.5, 0.6) is 11.5 Å². The summed E-state index contributed by atoms with van der Waals surface area (Å²) in [5.41, 5.74) is -0.0359. The monoisotopic (exact) mass is 324 g/mol. The van der Waals surface area contributed by atoms with Gasteiger partial charge in [-0.1, -0.05) is 0 Å². The van der Waals surface area contributed by atoms with Gasteiger partial charge in [0.15, 0.2) is 5.78 Å². The van der Waals surface area contributed by atoms with Crippen molar-refractivity contribution in [2.24, 2.45) is 0 Å². The molecule has 0 saturated carbocycles. The number of ether oxygens (including phenoxy) is 1. The lowest BCUT2D eigenvalue weighted by Gasteiger charge is -2.22. The van der Waals surface area contributed by atoms with E-state index < -0.39 is 42.2 Å². The molecule has 0 radical (unpaired) electrons. The molecule has 3 atom stereocenters. The Balaban J connectivity index is 2.43. The maximum absolute atomic E-state index is 12.3. The number of aromatic hydroxyl groups is 2. The standard InChI is InChI=1S/C16H20O7/c1-8-2-3-11(18)12(19)7-14(21)16-9(5-15(22)23-8)4-10(17)6-13(16)20/h4,6,8,11-12,17-20H,2-3,5,7H2,1H3/t8-,11?,12?/m0/s1. The van der Waals surface area contributed by atoms with Crippen molar-refractivity contribution in [3.8, 4) is 11.5 Å². The number of phenols is 2. The van der Waals surface area contributed by atoms with Gasteiger partial charge in [0.25, 0.3) is 0 Å². The number of rotatable bonds is 0. The molecule has 7 nitrogen and oxygen atoms in total. The highest BCUT2D eigenvalue weighted by molar-refractivity contribution is 6.01. The second-order valence-electron chi connectivity index (χ2n) is 5.82. The molecule has 4 N–H and O–H groups in total. The van der Waals surface area contributed by atoms with E-state index >= 15 is 0 Å². The van der Waals surface area contributed by atoms with Crippen molar-refractivity contribution in [3.05, 3.63) is 23.3 Å². The second-order valence-corrected chi connectivity index (χ2v) is 5.82. The van der Waals surface area contributed by atoms with E-state index in [9.17, 15) is 30.0 Å². The van der Waals surface area contributed by atoms with E-state index in [-0.39, 0.29) is 29.7 Å². The topological polar surface area (TPSA) is 124 Å². The lowest BCUT2D eigenvalue weighted by molar-refractivity contribution is -0.148. The molecular weight excluding hydrogens is 304 g/mol. The van der Waals surface area contributed by atoms with Gasteiger partial charge in [0, 0.05) is 12.5 Å². The number of carbonyl (C=O) groups is 2. The zero-order chi connectivity index (χ0) is 17.1. The number of hydrogen-bond acceptors (Lipinski definition) is 7. The number of cyclic esters (lactones) is 1.